The number of benzene rings is 1. The quantitative estimate of drug-likeness (QED) is 0.566. The van der Waals surface area contributed by atoms with Crippen molar-refractivity contribution in [3.63, 3.8) is 0 Å². The molecule has 106 valence electrons. The number of carbonyl (C=O) groups is 1. The van der Waals surface area contributed by atoms with E-state index in [0.29, 0.717) is 29.4 Å². The summed E-state index contributed by atoms with van der Waals surface area (Å²) in [5, 5.41) is 9.35. The minimum atomic E-state index is -0.621. The van der Waals surface area contributed by atoms with Gasteiger partial charge in [-0.1, -0.05) is 6.07 Å². The van der Waals surface area contributed by atoms with Crippen molar-refractivity contribution in [2.45, 2.75) is 12.8 Å². The van der Waals surface area contributed by atoms with Gasteiger partial charge in [-0.2, -0.15) is 0 Å². The van der Waals surface area contributed by atoms with Crippen LogP contribution in [0.1, 0.15) is 22.5 Å². The average molecular weight is 276 g/mol. The number of nitrogens with two attached hydrogens (primary N) is 1. The summed E-state index contributed by atoms with van der Waals surface area (Å²) in [6, 6.07) is 4.64. The standard InChI is InChI=1S/C14H16N2O4/c1-20-14(19)10-7-11(18)12-8(3-2-6-17)4-5-9(15)13(12)16-10/h4-5,7,17H,2-3,6,15H2,1H3,(H,16,18). The number of nitrogen functional groups attached to an aromatic ring is 1. The summed E-state index contributed by atoms with van der Waals surface area (Å²) in [5.74, 6) is -0.621. The number of rotatable bonds is 4. The third-order valence-corrected chi connectivity index (χ3v) is 3.11. The van der Waals surface area contributed by atoms with Crippen LogP contribution in [0.25, 0.3) is 10.9 Å². The molecule has 6 heteroatoms. The fourth-order valence-electron chi connectivity index (χ4n) is 2.15. The molecule has 1 heterocycles. The average Bonchev–Trinajstić information content (AvgIpc) is 2.46. The Balaban J connectivity index is 2.68. The van der Waals surface area contributed by atoms with Crippen molar-refractivity contribution in [2.75, 3.05) is 19.5 Å². The van der Waals surface area contributed by atoms with Crippen LogP contribution in [0, 0.1) is 0 Å². The number of methoxy groups -OCH3 is 1. The Morgan fingerprint density at radius 2 is 2.20 bits per heavy atom. The molecule has 0 saturated carbocycles. The van der Waals surface area contributed by atoms with Crippen molar-refractivity contribution in [1.82, 2.24) is 4.98 Å². The SMILES string of the molecule is COC(=O)c1cc(=O)c2c(CCCO)ccc(N)c2[nH]1. The van der Waals surface area contributed by atoms with Gasteiger partial charge < -0.3 is 20.6 Å². The molecule has 1 aromatic carbocycles. The molecule has 0 fully saturated rings. The van der Waals surface area contributed by atoms with E-state index in [1.807, 2.05) is 0 Å². The van der Waals surface area contributed by atoms with Crippen LogP contribution in [-0.4, -0.2) is 29.8 Å². The lowest BCUT2D eigenvalue weighted by atomic mass is 10.0. The van der Waals surface area contributed by atoms with Crippen LogP contribution >= 0.6 is 0 Å². The van der Waals surface area contributed by atoms with Gasteiger partial charge >= 0.3 is 5.97 Å². The number of aromatic nitrogens is 1. The molecular formula is C14H16N2O4. The van der Waals surface area contributed by atoms with E-state index in [-0.39, 0.29) is 17.7 Å². The minimum Gasteiger partial charge on any atom is -0.464 e. The zero-order valence-electron chi connectivity index (χ0n) is 11.1. The number of pyridine rings is 1. The summed E-state index contributed by atoms with van der Waals surface area (Å²) in [4.78, 5) is 26.6. The zero-order valence-corrected chi connectivity index (χ0v) is 11.1. The van der Waals surface area contributed by atoms with Gasteiger partial charge in [0.1, 0.15) is 5.69 Å². The second-order valence-electron chi connectivity index (χ2n) is 4.43. The van der Waals surface area contributed by atoms with Crippen LogP contribution in [0.3, 0.4) is 0 Å². The number of aromatic amines is 1. The van der Waals surface area contributed by atoms with Gasteiger partial charge in [0.15, 0.2) is 5.43 Å². The van der Waals surface area contributed by atoms with Crippen LogP contribution in [0.4, 0.5) is 5.69 Å². The lowest BCUT2D eigenvalue weighted by Crippen LogP contribution is -2.13. The molecule has 0 atom stereocenters. The summed E-state index contributed by atoms with van der Waals surface area (Å²) in [6.07, 6.45) is 1.12. The number of aryl methyl sites for hydroxylation is 1. The predicted octanol–water partition coefficient (Wildman–Crippen LogP) is 0.822. The first kappa shape index (κ1) is 14.1. The predicted molar refractivity (Wildman–Crippen MR) is 75.7 cm³/mol. The molecule has 2 aromatic rings. The van der Waals surface area contributed by atoms with Crippen molar-refractivity contribution in [1.29, 1.82) is 0 Å². The van der Waals surface area contributed by atoms with Crippen LogP contribution in [0.15, 0.2) is 23.0 Å². The normalized spacial score (nSPS) is 10.7. The smallest absolute Gasteiger partial charge is 0.354 e. The molecule has 0 bridgehead atoms. The summed E-state index contributed by atoms with van der Waals surface area (Å²) in [6.45, 7) is 0.0457. The van der Waals surface area contributed by atoms with Gasteiger partial charge in [-0.3, -0.25) is 4.79 Å². The largest absolute Gasteiger partial charge is 0.464 e. The topological polar surface area (TPSA) is 105 Å². The maximum absolute atomic E-state index is 12.2. The molecule has 0 spiro atoms. The van der Waals surface area contributed by atoms with Gasteiger partial charge in [-0.05, 0) is 24.5 Å². The maximum Gasteiger partial charge on any atom is 0.354 e. The number of carbonyl (C=O) groups excluding carboxylic acids is 1. The lowest BCUT2D eigenvalue weighted by Gasteiger charge is -2.09. The highest BCUT2D eigenvalue weighted by Crippen LogP contribution is 2.21. The van der Waals surface area contributed by atoms with Crippen molar-refractivity contribution in [3.05, 3.63) is 39.7 Å². The number of esters is 1. The Morgan fingerprint density at radius 1 is 1.45 bits per heavy atom. The first-order chi connectivity index (χ1) is 9.58. The fraction of sp³-hybridized carbons (Fsp3) is 0.286. The monoisotopic (exact) mass is 276 g/mol. The third-order valence-electron chi connectivity index (χ3n) is 3.11. The molecule has 0 unspecified atom stereocenters. The zero-order chi connectivity index (χ0) is 14.7. The van der Waals surface area contributed by atoms with Crippen LogP contribution in [0.2, 0.25) is 0 Å². The second kappa shape index (κ2) is 5.75. The van der Waals surface area contributed by atoms with E-state index in [9.17, 15) is 9.59 Å². The second-order valence-corrected chi connectivity index (χ2v) is 4.43. The Labute approximate surface area is 115 Å². The minimum absolute atomic E-state index is 0.0457. The number of H-pyrrole nitrogens is 1. The van der Waals surface area contributed by atoms with Gasteiger partial charge in [0.25, 0.3) is 0 Å². The number of ether oxygens (including phenoxy) is 1. The highest BCUT2D eigenvalue weighted by atomic mass is 16.5. The van der Waals surface area contributed by atoms with Crippen molar-refractivity contribution >= 4 is 22.6 Å². The van der Waals surface area contributed by atoms with Crippen LogP contribution < -0.4 is 11.2 Å². The molecule has 0 amide bonds. The van der Waals surface area contributed by atoms with Gasteiger partial charge in [0.05, 0.1) is 23.7 Å². The highest BCUT2D eigenvalue weighted by molar-refractivity contribution is 5.96. The number of anilines is 1. The number of nitrogens with one attached hydrogen (secondary N) is 1. The van der Waals surface area contributed by atoms with E-state index in [1.165, 1.54) is 13.2 Å². The molecule has 1 aromatic heterocycles. The van der Waals surface area contributed by atoms with E-state index in [1.54, 1.807) is 12.1 Å². The van der Waals surface area contributed by atoms with Crippen LogP contribution in [-0.2, 0) is 11.2 Å². The molecule has 0 saturated heterocycles. The molecule has 0 aliphatic heterocycles. The Morgan fingerprint density at radius 3 is 2.85 bits per heavy atom. The summed E-state index contributed by atoms with van der Waals surface area (Å²) >= 11 is 0. The molecule has 0 aliphatic carbocycles. The molecule has 20 heavy (non-hydrogen) atoms. The number of hydrogen-bond acceptors (Lipinski definition) is 5. The number of hydrogen-bond donors (Lipinski definition) is 3. The Kier molecular flexibility index (Phi) is 4.05. The maximum atomic E-state index is 12.2. The van der Waals surface area contributed by atoms with E-state index in [4.69, 9.17) is 10.8 Å². The van der Waals surface area contributed by atoms with Gasteiger partial charge in [0, 0.05) is 12.7 Å². The van der Waals surface area contributed by atoms with Gasteiger partial charge in [-0.15, -0.1) is 0 Å². The first-order valence-corrected chi connectivity index (χ1v) is 6.22. The molecule has 2 rings (SSSR count). The van der Waals surface area contributed by atoms with Gasteiger partial charge in [0.2, 0.25) is 0 Å². The summed E-state index contributed by atoms with van der Waals surface area (Å²) in [7, 11) is 1.24. The number of aliphatic hydroxyl groups excluding tert-OH is 1. The summed E-state index contributed by atoms with van der Waals surface area (Å²) in [5.41, 5.74) is 7.24. The van der Waals surface area contributed by atoms with E-state index in [0.717, 1.165) is 5.56 Å². The first-order valence-electron chi connectivity index (χ1n) is 6.22. The van der Waals surface area contributed by atoms with Crippen LogP contribution in [0.5, 0.6) is 0 Å². The number of fused-ring (bicyclic) bond motifs is 1. The van der Waals surface area contributed by atoms with Crippen molar-refractivity contribution in [3.8, 4) is 0 Å². The highest BCUT2D eigenvalue weighted by Gasteiger charge is 2.13. The van der Waals surface area contributed by atoms with E-state index < -0.39 is 5.97 Å². The molecule has 4 N–H and O–H groups in total. The molecule has 6 nitrogen and oxygen atoms in total. The third kappa shape index (κ3) is 2.50. The molecular weight excluding hydrogens is 260 g/mol. The molecule has 0 aliphatic rings. The van der Waals surface area contributed by atoms with E-state index >= 15 is 0 Å². The van der Waals surface area contributed by atoms with E-state index in [2.05, 4.69) is 9.72 Å². The fourth-order valence-corrected chi connectivity index (χ4v) is 2.15. The van der Waals surface area contributed by atoms with Gasteiger partial charge in [-0.25, -0.2) is 4.79 Å². The van der Waals surface area contributed by atoms with Crippen molar-refractivity contribution < 1.29 is 14.6 Å². The number of aliphatic hydroxyl groups is 1. The Bertz CT molecular complexity index is 706. The Hall–Kier alpha value is -2.34. The summed E-state index contributed by atoms with van der Waals surface area (Å²) < 4.78 is 4.59. The molecule has 0 radical (unpaired) electrons. The van der Waals surface area contributed by atoms with Crippen molar-refractivity contribution in [2.24, 2.45) is 0 Å². The lowest BCUT2D eigenvalue weighted by molar-refractivity contribution is 0.0594.